The summed E-state index contributed by atoms with van der Waals surface area (Å²) in [7, 11) is 0. The molecule has 0 aromatic carbocycles. The topological polar surface area (TPSA) is 90.0 Å². The fourth-order valence-corrected chi connectivity index (χ4v) is 2.30. The van der Waals surface area contributed by atoms with E-state index in [1.54, 1.807) is 32.3 Å². The number of nitrogens with one attached hydrogen (secondary N) is 1. The Balaban J connectivity index is 1.76. The quantitative estimate of drug-likeness (QED) is 0.784. The van der Waals surface area contributed by atoms with Crippen LogP contribution in [0.25, 0.3) is 11.1 Å². The highest BCUT2D eigenvalue weighted by Gasteiger charge is 2.15. The molecule has 0 saturated carbocycles. The molecule has 118 valence electrons. The number of hydrogen-bond donors (Lipinski definition) is 1. The molecule has 0 fully saturated rings. The molecular formula is C16H16N4O3. The first kappa shape index (κ1) is 15.0. The highest BCUT2D eigenvalue weighted by atomic mass is 16.3. The summed E-state index contributed by atoms with van der Waals surface area (Å²) in [5, 5.41) is 3.17. The van der Waals surface area contributed by atoms with Crippen LogP contribution in [0.4, 0.5) is 0 Å². The van der Waals surface area contributed by atoms with E-state index in [0.717, 1.165) is 11.1 Å². The van der Waals surface area contributed by atoms with Crippen molar-refractivity contribution in [2.24, 2.45) is 0 Å². The minimum absolute atomic E-state index is 0.0916. The van der Waals surface area contributed by atoms with Crippen LogP contribution in [0.1, 0.15) is 16.9 Å². The number of rotatable bonds is 4. The van der Waals surface area contributed by atoms with Crippen LogP contribution in [-0.4, -0.2) is 20.4 Å². The largest absolute Gasteiger partial charge is 0.443 e. The number of carbonyl (C=O) groups is 1. The molecule has 0 radical (unpaired) electrons. The predicted molar refractivity (Wildman–Crippen MR) is 83.8 cm³/mol. The molecule has 7 nitrogen and oxygen atoms in total. The van der Waals surface area contributed by atoms with E-state index in [9.17, 15) is 9.59 Å². The smallest absolute Gasteiger partial charge is 0.265 e. The van der Waals surface area contributed by atoms with Crippen LogP contribution >= 0.6 is 0 Å². The molecule has 0 aliphatic rings. The average molecular weight is 312 g/mol. The third-order valence-corrected chi connectivity index (χ3v) is 3.68. The summed E-state index contributed by atoms with van der Waals surface area (Å²) in [6.07, 6.45) is 4.68. The van der Waals surface area contributed by atoms with Crippen LogP contribution < -0.4 is 10.9 Å². The molecule has 0 aliphatic carbocycles. The Hall–Kier alpha value is -2.96. The second-order valence-corrected chi connectivity index (χ2v) is 5.28. The van der Waals surface area contributed by atoms with Crippen molar-refractivity contribution in [2.75, 3.05) is 0 Å². The molecule has 23 heavy (non-hydrogen) atoms. The van der Waals surface area contributed by atoms with Crippen LogP contribution in [0.3, 0.4) is 0 Å². The van der Waals surface area contributed by atoms with Crippen molar-refractivity contribution < 1.29 is 9.21 Å². The number of hydrogen-bond acceptors (Lipinski definition) is 5. The van der Waals surface area contributed by atoms with E-state index in [2.05, 4.69) is 15.3 Å². The van der Waals surface area contributed by atoms with Gasteiger partial charge in [0, 0.05) is 24.5 Å². The van der Waals surface area contributed by atoms with Gasteiger partial charge in [0.25, 0.3) is 5.56 Å². The fraction of sp³-hybridized carbons (Fsp3) is 0.250. The molecule has 3 aromatic heterocycles. The van der Waals surface area contributed by atoms with Gasteiger partial charge >= 0.3 is 0 Å². The molecule has 0 unspecified atom stereocenters. The number of amides is 1. The molecule has 0 atom stereocenters. The Morgan fingerprint density at radius 2 is 2.22 bits per heavy atom. The molecule has 0 spiro atoms. The standard InChI is InChI=1S/C16H16N4O3/c1-10-11(2)23-15-14(10)16(22)20(9-19-15)8-13(21)18-7-12-4-3-5-17-6-12/h3-6,9H,7-8H2,1-2H3,(H,18,21). The summed E-state index contributed by atoms with van der Waals surface area (Å²) < 4.78 is 6.69. The number of aryl methyl sites for hydroxylation is 2. The van der Waals surface area contributed by atoms with Gasteiger partial charge in [0.1, 0.15) is 24.0 Å². The average Bonchev–Trinajstić information content (AvgIpc) is 2.84. The van der Waals surface area contributed by atoms with E-state index in [1.165, 1.54) is 10.9 Å². The molecule has 7 heteroatoms. The predicted octanol–water partition coefficient (Wildman–Crippen LogP) is 1.32. The van der Waals surface area contributed by atoms with Crippen LogP contribution in [-0.2, 0) is 17.9 Å². The van der Waals surface area contributed by atoms with Gasteiger partial charge in [0.15, 0.2) is 0 Å². The fourth-order valence-electron chi connectivity index (χ4n) is 2.30. The summed E-state index contributed by atoms with van der Waals surface area (Å²) in [6, 6.07) is 3.67. The summed E-state index contributed by atoms with van der Waals surface area (Å²) in [4.78, 5) is 32.5. The lowest BCUT2D eigenvalue weighted by molar-refractivity contribution is -0.121. The molecule has 0 saturated heterocycles. The van der Waals surface area contributed by atoms with E-state index in [4.69, 9.17) is 4.42 Å². The monoisotopic (exact) mass is 312 g/mol. The first-order valence-corrected chi connectivity index (χ1v) is 7.17. The number of fused-ring (bicyclic) bond motifs is 1. The number of pyridine rings is 1. The molecular weight excluding hydrogens is 296 g/mol. The van der Waals surface area contributed by atoms with Crippen LogP contribution in [0.2, 0.25) is 0 Å². The second-order valence-electron chi connectivity index (χ2n) is 5.28. The maximum Gasteiger partial charge on any atom is 0.265 e. The van der Waals surface area contributed by atoms with E-state index >= 15 is 0 Å². The second kappa shape index (κ2) is 6.04. The normalized spacial score (nSPS) is 10.9. The molecule has 3 aromatic rings. The number of nitrogens with zero attached hydrogens (tertiary/aromatic N) is 3. The lowest BCUT2D eigenvalue weighted by Gasteiger charge is -2.07. The van der Waals surface area contributed by atoms with Gasteiger partial charge in [-0.05, 0) is 25.5 Å². The lowest BCUT2D eigenvalue weighted by Crippen LogP contribution is -2.32. The Morgan fingerprint density at radius 1 is 1.39 bits per heavy atom. The highest BCUT2D eigenvalue weighted by molar-refractivity contribution is 5.79. The molecule has 3 rings (SSSR count). The van der Waals surface area contributed by atoms with Crippen molar-refractivity contribution in [3.05, 3.63) is 58.1 Å². The zero-order chi connectivity index (χ0) is 16.4. The van der Waals surface area contributed by atoms with Gasteiger partial charge < -0.3 is 9.73 Å². The number of aromatic nitrogens is 3. The maximum absolute atomic E-state index is 12.4. The first-order valence-electron chi connectivity index (χ1n) is 7.17. The molecule has 1 amide bonds. The summed E-state index contributed by atoms with van der Waals surface area (Å²) in [5.41, 5.74) is 1.67. The van der Waals surface area contributed by atoms with Crippen molar-refractivity contribution in [1.82, 2.24) is 19.9 Å². The van der Waals surface area contributed by atoms with E-state index in [0.29, 0.717) is 23.4 Å². The third kappa shape index (κ3) is 2.98. The first-order chi connectivity index (χ1) is 11.1. The summed E-state index contributed by atoms with van der Waals surface area (Å²) in [6.45, 7) is 3.85. The minimum Gasteiger partial charge on any atom is -0.443 e. The zero-order valence-corrected chi connectivity index (χ0v) is 12.9. The lowest BCUT2D eigenvalue weighted by atomic mass is 10.2. The van der Waals surface area contributed by atoms with Gasteiger partial charge in [-0.2, -0.15) is 0 Å². The zero-order valence-electron chi connectivity index (χ0n) is 12.9. The Morgan fingerprint density at radius 3 is 2.96 bits per heavy atom. The van der Waals surface area contributed by atoms with Crippen molar-refractivity contribution in [3.8, 4) is 0 Å². The van der Waals surface area contributed by atoms with Crippen molar-refractivity contribution >= 4 is 17.0 Å². The van der Waals surface area contributed by atoms with Crippen molar-refractivity contribution in [1.29, 1.82) is 0 Å². The van der Waals surface area contributed by atoms with Gasteiger partial charge in [-0.1, -0.05) is 6.07 Å². The van der Waals surface area contributed by atoms with Gasteiger partial charge in [0.2, 0.25) is 11.6 Å². The Labute approximate surface area is 132 Å². The van der Waals surface area contributed by atoms with Gasteiger partial charge in [-0.3, -0.25) is 19.1 Å². The summed E-state index contributed by atoms with van der Waals surface area (Å²) >= 11 is 0. The van der Waals surface area contributed by atoms with E-state index < -0.39 is 0 Å². The van der Waals surface area contributed by atoms with Crippen LogP contribution in [0.15, 0.2) is 40.1 Å². The SMILES string of the molecule is Cc1oc2ncn(CC(=O)NCc3cccnc3)c(=O)c2c1C. The van der Waals surface area contributed by atoms with Crippen LogP contribution in [0.5, 0.6) is 0 Å². The Bertz CT molecular complexity index is 912. The third-order valence-electron chi connectivity index (χ3n) is 3.68. The molecule has 0 bridgehead atoms. The van der Waals surface area contributed by atoms with Gasteiger partial charge in [-0.25, -0.2) is 4.98 Å². The number of carbonyl (C=O) groups excluding carboxylic acids is 1. The molecule has 0 aliphatic heterocycles. The van der Waals surface area contributed by atoms with Gasteiger partial charge in [0.05, 0.1) is 0 Å². The van der Waals surface area contributed by atoms with E-state index in [-0.39, 0.29) is 18.0 Å². The van der Waals surface area contributed by atoms with Crippen LogP contribution in [0, 0.1) is 13.8 Å². The molecule has 3 heterocycles. The van der Waals surface area contributed by atoms with Gasteiger partial charge in [-0.15, -0.1) is 0 Å². The van der Waals surface area contributed by atoms with Crippen molar-refractivity contribution in [3.63, 3.8) is 0 Å². The summed E-state index contributed by atoms with van der Waals surface area (Å²) in [5.74, 6) is 0.387. The number of furan rings is 1. The van der Waals surface area contributed by atoms with E-state index in [1.807, 2.05) is 6.07 Å². The Kier molecular flexibility index (Phi) is 3.92. The molecule has 1 N–H and O–H groups in total. The van der Waals surface area contributed by atoms with Crippen molar-refractivity contribution in [2.45, 2.75) is 26.9 Å². The maximum atomic E-state index is 12.4. The highest BCUT2D eigenvalue weighted by Crippen LogP contribution is 2.18. The minimum atomic E-state index is -0.277.